The molecule has 6 heteroatoms. The van der Waals surface area contributed by atoms with E-state index in [-0.39, 0.29) is 25.2 Å². The third-order valence-electron chi connectivity index (χ3n) is 1.48. The van der Waals surface area contributed by atoms with Gasteiger partial charge in [-0.3, -0.25) is 9.59 Å². The number of carbonyl (C=O) groups excluding carboxylic acids is 2. The summed E-state index contributed by atoms with van der Waals surface area (Å²) in [5.41, 5.74) is 0. The molecule has 0 aliphatic rings. The van der Waals surface area contributed by atoms with Crippen molar-refractivity contribution in [2.24, 2.45) is 0 Å². The largest absolute Gasteiger partial charge is 0.468 e. The molecule has 0 fully saturated rings. The molecule has 5 nitrogen and oxygen atoms in total. The maximum Gasteiger partial charge on any atom is 0.325 e. The molecule has 0 saturated carbocycles. The van der Waals surface area contributed by atoms with Crippen LogP contribution in [0.15, 0.2) is 0 Å². The number of alkyl halides is 1. The van der Waals surface area contributed by atoms with Gasteiger partial charge in [0.25, 0.3) is 0 Å². The third-order valence-corrected chi connectivity index (χ3v) is 1.82. The molecule has 0 aromatic carbocycles. The highest BCUT2D eigenvalue weighted by Crippen LogP contribution is 1.96. The highest BCUT2D eigenvalue weighted by molar-refractivity contribution is 6.30. The molecule has 0 saturated heterocycles. The zero-order valence-corrected chi connectivity index (χ0v) is 9.84. The molecule has 1 atom stereocenters. The second-order valence-corrected chi connectivity index (χ2v) is 3.68. The maximum atomic E-state index is 11.1. The van der Waals surface area contributed by atoms with Gasteiger partial charge in [0.05, 0.1) is 13.2 Å². The molecular weight excluding hydrogens is 222 g/mol. The van der Waals surface area contributed by atoms with Crippen LogP contribution in [0, 0.1) is 0 Å². The molecule has 1 amide bonds. The number of hydrogen-bond donors (Lipinski definition) is 1. The first-order valence-corrected chi connectivity index (χ1v) is 5.01. The van der Waals surface area contributed by atoms with Gasteiger partial charge in [-0.2, -0.15) is 0 Å². The average molecular weight is 238 g/mol. The minimum atomic E-state index is -0.863. The van der Waals surface area contributed by atoms with Crippen molar-refractivity contribution in [2.45, 2.75) is 25.3 Å². The Bertz CT molecular complexity index is 220. The van der Waals surface area contributed by atoms with E-state index in [0.29, 0.717) is 0 Å². The molecule has 0 aromatic heterocycles. The van der Waals surface area contributed by atoms with Crippen LogP contribution < -0.4 is 5.32 Å². The normalized spacial score (nSPS) is 12.3. The van der Waals surface area contributed by atoms with E-state index in [1.54, 1.807) is 0 Å². The highest BCUT2D eigenvalue weighted by atomic mass is 35.5. The average Bonchev–Trinajstić information content (AvgIpc) is 2.21. The van der Waals surface area contributed by atoms with E-state index in [9.17, 15) is 9.59 Å². The highest BCUT2D eigenvalue weighted by Gasteiger charge is 2.16. The summed E-state index contributed by atoms with van der Waals surface area (Å²) in [5.74, 6) is -0.875. The number of hydrogen-bond acceptors (Lipinski definition) is 4. The van der Waals surface area contributed by atoms with Crippen molar-refractivity contribution in [1.82, 2.24) is 5.32 Å². The van der Waals surface area contributed by atoms with Crippen LogP contribution >= 0.6 is 11.6 Å². The van der Waals surface area contributed by atoms with Crippen LogP contribution in [0.4, 0.5) is 0 Å². The van der Waals surface area contributed by atoms with Gasteiger partial charge in [-0.15, -0.1) is 11.6 Å². The number of rotatable bonds is 6. The van der Waals surface area contributed by atoms with Crippen molar-refractivity contribution in [3.63, 3.8) is 0 Å². The molecule has 0 heterocycles. The summed E-state index contributed by atoms with van der Waals surface area (Å²) in [6, 6.07) is 0. The van der Waals surface area contributed by atoms with E-state index in [1.165, 1.54) is 7.11 Å². The van der Waals surface area contributed by atoms with Crippen LogP contribution in [0.2, 0.25) is 0 Å². The molecule has 0 aromatic rings. The number of amides is 1. The predicted octanol–water partition coefficient (Wildman–Crippen LogP) is 0.308. The summed E-state index contributed by atoms with van der Waals surface area (Å²) in [7, 11) is 1.24. The Balaban J connectivity index is 3.66. The Morgan fingerprint density at radius 2 is 2.00 bits per heavy atom. The van der Waals surface area contributed by atoms with Crippen LogP contribution in [0.1, 0.15) is 13.8 Å². The van der Waals surface area contributed by atoms with Crippen molar-refractivity contribution in [2.75, 3.05) is 20.3 Å². The fourth-order valence-electron chi connectivity index (χ4n) is 0.708. The van der Waals surface area contributed by atoms with Gasteiger partial charge in [0, 0.05) is 6.54 Å². The maximum absolute atomic E-state index is 11.1. The van der Waals surface area contributed by atoms with Gasteiger partial charge in [-0.1, -0.05) is 0 Å². The second kappa shape index (κ2) is 7.48. The van der Waals surface area contributed by atoms with E-state index in [4.69, 9.17) is 16.3 Å². The summed E-state index contributed by atoms with van der Waals surface area (Å²) >= 11 is 5.61. The molecule has 88 valence electrons. The molecule has 1 N–H and O–H groups in total. The first kappa shape index (κ1) is 14.2. The number of ether oxygens (including phenoxy) is 2. The Hall–Kier alpha value is -0.810. The Labute approximate surface area is 94.1 Å². The zero-order valence-electron chi connectivity index (χ0n) is 9.08. The number of esters is 1. The second-order valence-electron chi connectivity index (χ2n) is 3.15. The monoisotopic (exact) mass is 237 g/mol. The van der Waals surface area contributed by atoms with Crippen LogP contribution in [0.3, 0.4) is 0 Å². The number of methoxy groups -OCH3 is 1. The van der Waals surface area contributed by atoms with E-state index in [1.807, 2.05) is 13.8 Å². The van der Waals surface area contributed by atoms with Gasteiger partial charge in [0.2, 0.25) is 5.91 Å². The summed E-state index contributed by atoms with van der Waals surface area (Å²) in [4.78, 5) is 22.0. The van der Waals surface area contributed by atoms with E-state index in [0.717, 1.165) is 0 Å². The van der Waals surface area contributed by atoms with Gasteiger partial charge in [0.15, 0.2) is 0 Å². The lowest BCUT2D eigenvalue weighted by molar-refractivity contribution is -0.140. The Kier molecular flexibility index (Phi) is 7.07. The summed E-state index contributed by atoms with van der Waals surface area (Å²) < 4.78 is 9.44. The Morgan fingerprint density at radius 1 is 1.40 bits per heavy atom. The van der Waals surface area contributed by atoms with Crippen LogP contribution in [-0.2, 0) is 19.1 Å². The minimum absolute atomic E-state index is 0.0110. The third kappa shape index (κ3) is 7.16. The summed E-state index contributed by atoms with van der Waals surface area (Å²) in [6.45, 7) is 3.65. The fourth-order valence-corrected chi connectivity index (χ4v) is 0.874. The molecule has 0 spiro atoms. The first-order valence-electron chi connectivity index (χ1n) is 4.57. The van der Waals surface area contributed by atoms with Crippen molar-refractivity contribution in [3.05, 3.63) is 0 Å². The topological polar surface area (TPSA) is 64.6 Å². The van der Waals surface area contributed by atoms with Gasteiger partial charge in [0.1, 0.15) is 12.0 Å². The van der Waals surface area contributed by atoms with Gasteiger partial charge < -0.3 is 14.8 Å². The SMILES string of the molecule is COC(=O)C(Cl)CNC(=O)COC(C)C. The number of halogens is 1. The van der Waals surface area contributed by atoms with E-state index < -0.39 is 11.3 Å². The fraction of sp³-hybridized carbons (Fsp3) is 0.778. The lowest BCUT2D eigenvalue weighted by atomic mass is 10.4. The summed E-state index contributed by atoms with van der Waals surface area (Å²) in [5, 5.41) is 1.59. The molecule has 0 rings (SSSR count). The first-order chi connectivity index (χ1) is 6.97. The lowest BCUT2D eigenvalue weighted by Gasteiger charge is -2.10. The van der Waals surface area contributed by atoms with Gasteiger partial charge in [-0.25, -0.2) is 0 Å². The number of nitrogens with one attached hydrogen (secondary N) is 1. The van der Waals surface area contributed by atoms with Crippen molar-refractivity contribution in [1.29, 1.82) is 0 Å². The lowest BCUT2D eigenvalue weighted by Crippen LogP contribution is -2.36. The predicted molar refractivity (Wildman–Crippen MR) is 55.8 cm³/mol. The van der Waals surface area contributed by atoms with Gasteiger partial charge in [-0.05, 0) is 13.8 Å². The Morgan fingerprint density at radius 3 is 2.47 bits per heavy atom. The molecule has 0 aliphatic carbocycles. The zero-order chi connectivity index (χ0) is 11.8. The van der Waals surface area contributed by atoms with Crippen molar-refractivity contribution < 1.29 is 19.1 Å². The van der Waals surface area contributed by atoms with Gasteiger partial charge >= 0.3 is 5.97 Å². The molecule has 1 unspecified atom stereocenters. The van der Waals surface area contributed by atoms with E-state index in [2.05, 4.69) is 10.1 Å². The van der Waals surface area contributed by atoms with Crippen molar-refractivity contribution >= 4 is 23.5 Å². The minimum Gasteiger partial charge on any atom is -0.468 e. The molecule has 0 radical (unpaired) electrons. The number of carbonyl (C=O) groups is 2. The molecule has 0 aliphatic heterocycles. The molecular formula is C9H16ClNO4. The standard InChI is InChI=1S/C9H16ClNO4/c1-6(2)15-5-8(12)11-4-7(10)9(13)14-3/h6-7H,4-5H2,1-3H3,(H,11,12). The van der Waals surface area contributed by atoms with Crippen LogP contribution in [0.5, 0.6) is 0 Å². The summed E-state index contributed by atoms with van der Waals surface area (Å²) in [6.07, 6.45) is -0.0110. The molecule has 15 heavy (non-hydrogen) atoms. The van der Waals surface area contributed by atoms with Crippen LogP contribution in [0.25, 0.3) is 0 Å². The molecule has 0 bridgehead atoms. The van der Waals surface area contributed by atoms with Crippen molar-refractivity contribution in [3.8, 4) is 0 Å². The van der Waals surface area contributed by atoms with Crippen LogP contribution in [-0.4, -0.2) is 43.6 Å². The van der Waals surface area contributed by atoms with E-state index >= 15 is 0 Å². The smallest absolute Gasteiger partial charge is 0.325 e. The quantitative estimate of drug-likeness (QED) is 0.533.